The van der Waals surface area contributed by atoms with Crippen molar-refractivity contribution in [3.63, 3.8) is 0 Å². The summed E-state index contributed by atoms with van der Waals surface area (Å²) in [5, 5.41) is 3.90. The van der Waals surface area contributed by atoms with Gasteiger partial charge in [0, 0.05) is 18.1 Å². The molecule has 1 N–H and O–H groups in total. The Morgan fingerprint density at radius 1 is 0.950 bits per heavy atom. The molecule has 0 atom stereocenters. The molecule has 0 radical (unpaired) electrons. The predicted octanol–water partition coefficient (Wildman–Crippen LogP) is 3.16. The third-order valence-corrected chi connectivity index (χ3v) is 3.17. The van der Waals surface area contributed by atoms with E-state index in [1.807, 2.05) is 54.6 Å². The minimum atomic E-state index is -0.0989. The lowest BCUT2D eigenvalue weighted by molar-refractivity contribution is 0.0952. The normalized spacial score (nSPS) is 10.4. The highest BCUT2D eigenvalue weighted by Gasteiger charge is 2.10. The fraction of sp³-hybridized carbons (Fsp3) is 0.0588. The van der Waals surface area contributed by atoms with E-state index >= 15 is 0 Å². The summed E-state index contributed by atoms with van der Waals surface area (Å²) >= 11 is 0. The van der Waals surface area contributed by atoms with E-state index in [2.05, 4.69) is 10.3 Å². The first-order valence-electron chi connectivity index (χ1n) is 6.50. The summed E-state index contributed by atoms with van der Waals surface area (Å²) in [5.74, 6) is -0.0989. The van der Waals surface area contributed by atoms with Crippen LogP contribution in [0.3, 0.4) is 0 Å². The van der Waals surface area contributed by atoms with E-state index in [4.69, 9.17) is 0 Å². The van der Waals surface area contributed by atoms with Gasteiger partial charge in [-0.25, -0.2) is 0 Å². The van der Waals surface area contributed by atoms with Gasteiger partial charge in [0.1, 0.15) is 0 Å². The zero-order valence-corrected chi connectivity index (χ0v) is 10.9. The zero-order chi connectivity index (χ0) is 13.8. The highest BCUT2D eigenvalue weighted by molar-refractivity contribution is 6.05. The molecule has 98 valence electrons. The monoisotopic (exact) mass is 262 g/mol. The third kappa shape index (κ3) is 2.52. The van der Waals surface area contributed by atoms with Gasteiger partial charge in [0.2, 0.25) is 0 Å². The van der Waals surface area contributed by atoms with E-state index in [1.54, 1.807) is 12.3 Å². The molecule has 0 fully saturated rings. The Bertz CT molecular complexity index is 733. The molecule has 3 nitrogen and oxygen atoms in total. The molecule has 0 saturated heterocycles. The molecule has 0 aliphatic rings. The number of rotatable bonds is 3. The average Bonchev–Trinajstić information content (AvgIpc) is 2.53. The summed E-state index contributed by atoms with van der Waals surface area (Å²) < 4.78 is 0. The second kappa shape index (κ2) is 5.53. The standard InChI is InChI=1S/C17H14N2O/c20-17(19-12-13-6-2-1-3-7-13)15-10-4-8-14-9-5-11-18-16(14)15/h1-11H,12H2,(H,19,20). The maximum absolute atomic E-state index is 12.3. The van der Waals surface area contributed by atoms with Crippen LogP contribution in [0.2, 0.25) is 0 Å². The van der Waals surface area contributed by atoms with Gasteiger partial charge in [-0.1, -0.05) is 48.5 Å². The fourth-order valence-corrected chi connectivity index (χ4v) is 2.16. The quantitative estimate of drug-likeness (QED) is 0.787. The maximum Gasteiger partial charge on any atom is 0.253 e. The molecule has 0 spiro atoms. The Balaban J connectivity index is 1.82. The smallest absolute Gasteiger partial charge is 0.253 e. The van der Waals surface area contributed by atoms with Gasteiger partial charge in [-0.2, -0.15) is 0 Å². The van der Waals surface area contributed by atoms with Crippen LogP contribution in [0.4, 0.5) is 0 Å². The SMILES string of the molecule is O=C(NCc1ccccc1)c1cccc2cccnc12. The van der Waals surface area contributed by atoms with Gasteiger partial charge in [-0.15, -0.1) is 0 Å². The topological polar surface area (TPSA) is 42.0 Å². The van der Waals surface area contributed by atoms with Crippen molar-refractivity contribution >= 4 is 16.8 Å². The van der Waals surface area contributed by atoms with Crippen molar-refractivity contribution in [2.45, 2.75) is 6.54 Å². The van der Waals surface area contributed by atoms with Crippen LogP contribution in [-0.2, 0) is 6.54 Å². The van der Waals surface area contributed by atoms with Gasteiger partial charge in [0.05, 0.1) is 11.1 Å². The van der Waals surface area contributed by atoms with Crippen molar-refractivity contribution in [2.24, 2.45) is 0 Å². The second-order valence-corrected chi connectivity index (χ2v) is 4.55. The number of carbonyl (C=O) groups is 1. The molecule has 1 aromatic heterocycles. The Labute approximate surface area is 117 Å². The first-order chi connectivity index (χ1) is 9.84. The van der Waals surface area contributed by atoms with E-state index in [1.165, 1.54) is 0 Å². The van der Waals surface area contributed by atoms with Crippen LogP contribution in [0.25, 0.3) is 10.9 Å². The Morgan fingerprint density at radius 2 is 1.75 bits per heavy atom. The number of amides is 1. The molecule has 1 heterocycles. The Morgan fingerprint density at radius 3 is 2.60 bits per heavy atom. The molecule has 0 bridgehead atoms. The number of fused-ring (bicyclic) bond motifs is 1. The molecule has 0 aliphatic heterocycles. The van der Waals surface area contributed by atoms with Crippen LogP contribution in [0.5, 0.6) is 0 Å². The molecular formula is C17H14N2O. The molecule has 0 saturated carbocycles. The Kier molecular flexibility index (Phi) is 3.42. The predicted molar refractivity (Wildman–Crippen MR) is 79.4 cm³/mol. The van der Waals surface area contributed by atoms with E-state index in [0.717, 1.165) is 16.5 Å². The summed E-state index contributed by atoms with van der Waals surface area (Å²) in [6, 6.07) is 19.3. The van der Waals surface area contributed by atoms with Gasteiger partial charge < -0.3 is 5.32 Å². The molecule has 3 rings (SSSR count). The number of hydrogen-bond donors (Lipinski definition) is 1. The van der Waals surface area contributed by atoms with Gasteiger partial charge in [0.15, 0.2) is 0 Å². The largest absolute Gasteiger partial charge is 0.348 e. The lowest BCUT2D eigenvalue weighted by Crippen LogP contribution is -2.23. The minimum Gasteiger partial charge on any atom is -0.348 e. The molecule has 1 amide bonds. The van der Waals surface area contributed by atoms with Gasteiger partial charge >= 0.3 is 0 Å². The van der Waals surface area contributed by atoms with Crippen LogP contribution in [-0.4, -0.2) is 10.9 Å². The lowest BCUT2D eigenvalue weighted by atomic mass is 10.1. The number of hydrogen-bond acceptors (Lipinski definition) is 2. The fourth-order valence-electron chi connectivity index (χ4n) is 2.16. The van der Waals surface area contributed by atoms with Crippen molar-refractivity contribution in [3.8, 4) is 0 Å². The summed E-state index contributed by atoms with van der Waals surface area (Å²) in [6.07, 6.45) is 1.70. The van der Waals surface area contributed by atoms with Gasteiger partial charge in [-0.3, -0.25) is 9.78 Å². The number of pyridine rings is 1. The van der Waals surface area contributed by atoms with Crippen LogP contribution >= 0.6 is 0 Å². The minimum absolute atomic E-state index is 0.0989. The van der Waals surface area contributed by atoms with Crippen molar-refractivity contribution in [3.05, 3.63) is 78.0 Å². The van der Waals surface area contributed by atoms with Gasteiger partial charge in [0.25, 0.3) is 5.91 Å². The highest BCUT2D eigenvalue weighted by atomic mass is 16.1. The molecule has 3 aromatic rings. The molecule has 2 aromatic carbocycles. The summed E-state index contributed by atoms with van der Waals surface area (Å²) in [6.45, 7) is 0.517. The van der Waals surface area contributed by atoms with Crippen LogP contribution in [0, 0.1) is 0 Å². The van der Waals surface area contributed by atoms with Crippen LogP contribution in [0.1, 0.15) is 15.9 Å². The first-order valence-corrected chi connectivity index (χ1v) is 6.50. The molecular weight excluding hydrogens is 248 g/mol. The molecule has 0 aliphatic carbocycles. The van der Waals surface area contributed by atoms with Crippen molar-refractivity contribution in [1.29, 1.82) is 0 Å². The number of carbonyl (C=O) groups excluding carboxylic acids is 1. The van der Waals surface area contributed by atoms with Crippen LogP contribution in [0.15, 0.2) is 66.9 Å². The lowest BCUT2D eigenvalue weighted by Gasteiger charge is -2.07. The number of nitrogens with one attached hydrogen (secondary N) is 1. The van der Waals surface area contributed by atoms with Crippen molar-refractivity contribution in [2.75, 3.05) is 0 Å². The van der Waals surface area contributed by atoms with E-state index < -0.39 is 0 Å². The van der Waals surface area contributed by atoms with Crippen LogP contribution < -0.4 is 5.32 Å². The maximum atomic E-state index is 12.3. The third-order valence-electron chi connectivity index (χ3n) is 3.17. The summed E-state index contributed by atoms with van der Waals surface area (Å²) in [4.78, 5) is 16.6. The number of para-hydroxylation sites is 1. The van der Waals surface area contributed by atoms with Crippen molar-refractivity contribution < 1.29 is 4.79 Å². The van der Waals surface area contributed by atoms with E-state index in [-0.39, 0.29) is 5.91 Å². The highest BCUT2D eigenvalue weighted by Crippen LogP contribution is 2.15. The average molecular weight is 262 g/mol. The zero-order valence-electron chi connectivity index (χ0n) is 10.9. The molecule has 0 unspecified atom stereocenters. The Hall–Kier alpha value is -2.68. The van der Waals surface area contributed by atoms with E-state index in [9.17, 15) is 4.79 Å². The molecule has 20 heavy (non-hydrogen) atoms. The number of nitrogens with zero attached hydrogens (tertiary/aromatic N) is 1. The number of benzene rings is 2. The summed E-state index contributed by atoms with van der Waals surface area (Å²) in [5.41, 5.74) is 2.42. The summed E-state index contributed by atoms with van der Waals surface area (Å²) in [7, 11) is 0. The first kappa shape index (κ1) is 12.4. The second-order valence-electron chi connectivity index (χ2n) is 4.55. The van der Waals surface area contributed by atoms with E-state index in [0.29, 0.717) is 12.1 Å². The molecule has 3 heteroatoms. The van der Waals surface area contributed by atoms with Gasteiger partial charge in [-0.05, 0) is 17.7 Å². The van der Waals surface area contributed by atoms with Crippen molar-refractivity contribution in [1.82, 2.24) is 10.3 Å². The number of aromatic nitrogens is 1.